The van der Waals surface area contributed by atoms with Gasteiger partial charge in [0.15, 0.2) is 0 Å². The van der Waals surface area contributed by atoms with Gasteiger partial charge in [0.1, 0.15) is 5.70 Å². The number of hydrogen-bond acceptors (Lipinski definition) is 4. The fraction of sp³-hybridized carbons (Fsp3) is 0.200. The maximum absolute atomic E-state index is 11.4. The van der Waals surface area contributed by atoms with E-state index in [1.54, 1.807) is 6.08 Å². The van der Waals surface area contributed by atoms with Crippen molar-refractivity contribution in [1.29, 1.82) is 0 Å². The van der Waals surface area contributed by atoms with Gasteiger partial charge >= 0.3 is 5.97 Å². The van der Waals surface area contributed by atoms with Crippen molar-refractivity contribution in [3.05, 3.63) is 54.2 Å². The van der Waals surface area contributed by atoms with E-state index in [0.717, 1.165) is 5.56 Å². The lowest BCUT2D eigenvalue weighted by Crippen LogP contribution is -2.32. The molecule has 1 amide bonds. The molecule has 1 aromatic carbocycles. The average Bonchev–Trinajstić information content (AvgIpc) is 2.47. The van der Waals surface area contributed by atoms with Crippen LogP contribution in [0.4, 0.5) is 0 Å². The molecule has 0 spiro atoms. The zero-order valence-electron chi connectivity index (χ0n) is 11.5. The van der Waals surface area contributed by atoms with E-state index in [4.69, 9.17) is 9.94 Å². The van der Waals surface area contributed by atoms with E-state index in [2.05, 4.69) is 17.4 Å². The number of rotatable bonds is 9. The molecule has 0 aliphatic carbocycles. The summed E-state index contributed by atoms with van der Waals surface area (Å²) >= 11 is 0. The Labute approximate surface area is 123 Å². The Morgan fingerprint density at radius 2 is 2.00 bits per heavy atom. The van der Waals surface area contributed by atoms with Gasteiger partial charge in [-0.3, -0.25) is 19.9 Å². The van der Waals surface area contributed by atoms with E-state index >= 15 is 0 Å². The molecule has 1 rings (SSSR count). The molecular weight excluding hydrogens is 272 g/mol. The quantitative estimate of drug-likeness (QED) is 0.363. The number of carbonyl (C=O) groups excluding carboxylic acids is 1. The molecule has 112 valence electrons. The predicted molar refractivity (Wildman–Crippen MR) is 79.0 cm³/mol. The van der Waals surface area contributed by atoms with Gasteiger partial charge in [0.25, 0.3) is 5.91 Å². The first-order valence-corrected chi connectivity index (χ1v) is 6.38. The Hall–Kier alpha value is -2.60. The average molecular weight is 290 g/mol. The van der Waals surface area contributed by atoms with Gasteiger partial charge in [0.05, 0.1) is 13.0 Å². The molecule has 0 aliphatic rings. The van der Waals surface area contributed by atoms with Crippen LogP contribution in [-0.2, 0) is 14.4 Å². The maximum atomic E-state index is 11.4. The van der Waals surface area contributed by atoms with Gasteiger partial charge in [-0.05, 0) is 5.56 Å². The van der Waals surface area contributed by atoms with Crippen molar-refractivity contribution in [1.82, 2.24) is 10.8 Å². The summed E-state index contributed by atoms with van der Waals surface area (Å²) < 4.78 is 0. The minimum atomic E-state index is -0.976. The molecule has 0 bridgehead atoms. The molecule has 0 aromatic heterocycles. The second kappa shape index (κ2) is 9.33. The second-order valence-corrected chi connectivity index (χ2v) is 4.10. The Kier molecular flexibility index (Phi) is 7.31. The van der Waals surface area contributed by atoms with Gasteiger partial charge < -0.3 is 10.4 Å². The maximum Gasteiger partial charge on any atom is 0.305 e. The molecule has 0 aliphatic heterocycles. The van der Waals surface area contributed by atoms with Gasteiger partial charge in [-0.15, -0.1) is 0 Å². The first-order chi connectivity index (χ1) is 10.1. The highest BCUT2D eigenvalue weighted by Crippen LogP contribution is 2.00. The first-order valence-electron chi connectivity index (χ1n) is 6.38. The van der Waals surface area contributed by atoms with Crippen LogP contribution in [0.25, 0.3) is 6.08 Å². The smallest absolute Gasteiger partial charge is 0.305 e. The van der Waals surface area contributed by atoms with Crippen LogP contribution in [0.2, 0.25) is 0 Å². The Morgan fingerprint density at radius 3 is 2.67 bits per heavy atom. The number of amides is 1. The van der Waals surface area contributed by atoms with Gasteiger partial charge in [0, 0.05) is 6.54 Å². The summed E-state index contributed by atoms with van der Waals surface area (Å²) in [5.74, 6) is -1.47. The standard InChI is InChI=1S/C15H18N2O4/c1-12(15(20)16-10-9-14(18)19)17-21-11-5-8-13-6-3-2-4-7-13/h2-8,17H,1,9-11H2,(H,16,20)(H,18,19). The molecular formula is C15H18N2O4. The molecule has 6 nitrogen and oxygen atoms in total. The molecule has 1 aromatic rings. The highest BCUT2D eigenvalue weighted by molar-refractivity contribution is 5.92. The third kappa shape index (κ3) is 7.54. The van der Waals surface area contributed by atoms with E-state index in [1.165, 1.54) is 0 Å². The van der Waals surface area contributed by atoms with E-state index in [9.17, 15) is 9.59 Å². The number of carbonyl (C=O) groups is 2. The van der Waals surface area contributed by atoms with Crippen LogP contribution < -0.4 is 10.8 Å². The summed E-state index contributed by atoms with van der Waals surface area (Å²) in [6.07, 6.45) is 3.54. The Bertz CT molecular complexity index is 512. The third-order valence-electron chi connectivity index (χ3n) is 2.38. The molecule has 0 atom stereocenters. The monoisotopic (exact) mass is 290 g/mol. The zero-order chi connectivity index (χ0) is 15.5. The zero-order valence-corrected chi connectivity index (χ0v) is 11.5. The van der Waals surface area contributed by atoms with Crippen LogP contribution in [0.5, 0.6) is 0 Å². The normalized spacial score (nSPS) is 10.3. The number of hydroxylamine groups is 1. The van der Waals surface area contributed by atoms with E-state index in [0.29, 0.717) is 0 Å². The number of carboxylic acid groups (broad SMARTS) is 1. The van der Waals surface area contributed by atoms with Gasteiger partial charge in [-0.25, -0.2) is 0 Å². The number of aliphatic carboxylic acids is 1. The summed E-state index contributed by atoms with van der Waals surface area (Å²) in [6, 6.07) is 9.71. The summed E-state index contributed by atoms with van der Waals surface area (Å²) in [4.78, 5) is 26.8. The van der Waals surface area contributed by atoms with E-state index in [-0.39, 0.29) is 25.3 Å². The second-order valence-electron chi connectivity index (χ2n) is 4.10. The molecule has 0 fully saturated rings. The summed E-state index contributed by atoms with van der Waals surface area (Å²) in [5.41, 5.74) is 3.47. The highest BCUT2D eigenvalue weighted by Gasteiger charge is 2.06. The SMILES string of the molecule is C=C(NOCC=Cc1ccccc1)C(=O)NCCC(=O)O. The first kappa shape index (κ1) is 16.5. The molecule has 3 N–H and O–H groups in total. The lowest BCUT2D eigenvalue weighted by atomic mass is 10.2. The van der Waals surface area contributed by atoms with Crippen molar-refractivity contribution in [2.45, 2.75) is 6.42 Å². The summed E-state index contributed by atoms with van der Waals surface area (Å²) in [5, 5.41) is 10.8. The molecule has 0 saturated heterocycles. The van der Waals surface area contributed by atoms with E-state index in [1.807, 2.05) is 36.4 Å². The fourth-order valence-electron chi connectivity index (χ4n) is 1.36. The molecule has 0 unspecified atom stereocenters. The summed E-state index contributed by atoms with van der Waals surface area (Å²) in [6.45, 7) is 3.79. The third-order valence-corrected chi connectivity index (χ3v) is 2.38. The Morgan fingerprint density at radius 1 is 1.29 bits per heavy atom. The predicted octanol–water partition coefficient (Wildman–Crippen LogP) is 1.33. The highest BCUT2D eigenvalue weighted by atomic mass is 16.6. The van der Waals surface area contributed by atoms with E-state index < -0.39 is 11.9 Å². The van der Waals surface area contributed by atoms with Gasteiger partial charge in [-0.1, -0.05) is 49.1 Å². The van der Waals surface area contributed by atoms with Crippen molar-refractivity contribution in [3.63, 3.8) is 0 Å². The lowest BCUT2D eigenvalue weighted by Gasteiger charge is -2.08. The molecule has 0 heterocycles. The number of carboxylic acids is 1. The lowest BCUT2D eigenvalue weighted by molar-refractivity contribution is -0.136. The minimum Gasteiger partial charge on any atom is -0.481 e. The summed E-state index contributed by atoms with van der Waals surface area (Å²) in [7, 11) is 0. The van der Waals surface area contributed by atoms with Crippen LogP contribution in [0, 0.1) is 0 Å². The van der Waals surface area contributed by atoms with Crippen LogP contribution in [0.3, 0.4) is 0 Å². The molecule has 0 radical (unpaired) electrons. The van der Waals surface area contributed by atoms with Crippen molar-refractivity contribution in [2.75, 3.05) is 13.2 Å². The van der Waals surface area contributed by atoms with Gasteiger partial charge in [-0.2, -0.15) is 0 Å². The van der Waals surface area contributed by atoms with Crippen molar-refractivity contribution in [3.8, 4) is 0 Å². The number of hydrogen-bond donors (Lipinski definition) is 3. The topological polar surface area (TPSA) is 87.7 Å². The minimum absolute atomic E-state index is 0.0218. The van der Waals surface area contributed by atoms with Crippen molar-refractivity contribution < 1.29 is 19.5 Å². The van der Waals surface area contributed by atoms with Crippen LogP contribution in [0.15, 0.2) is 48.7 Å². The number of benzene rings is 1. The van der Waals surface area contributed by atoms with Crippen LogP contribution >= 0.6 is 0 Å². The van der Waals surface area contributed by atoms with Crippen molar-refractivity contribution in [2.24, 2.45) is 0 Å². The van der Waals surface area contributed by atoms with Crippen LogP contribution in [-0.4, -0.2) is 30.1 Å². The van der Waals surface area contributed by atoms with Crippen LogP contribution in [0.1, 0.15) is 12.0 Å². The molecule has 21 heavy (non-hydrogen) atoms. The fourth-order valence-corrected chi connectivity index (χ4v) is 1.36. The Balaban J connectivity index is 2.17. The largest absolute Gasteiger partial charge is 0.481 e. The number of nitrogens with one attached hydrogen (secondary N) is 2. The molecule has 0 saturated carbocycles. The molecule has 6 heteroatoms. The van der Waals surface area contributed by atoms with Crippen molar-refractivity contribution >= 4 is 18.0 Å². The van der Waals surface area contributed by atoms with Gasteiger partial charge in [0.2, 0.25) is 0 Å².